The third-order valence-electron chi connectivity index (χ3n) is 5.24. The van der Waals surface area contributed by atoms with Crippen molar-refractivity contribution < 1.29 is 23.5 Å². The van der Waals surface area contributed by atoms with Gasteiger partial charge in [0.05, 0.1) is 6.26 Å². The van der Waals surface area contributed by atoms with E-state index in [0.29, 0.717) is 11.5 Å². The largest absolute Gasteiger partial charge is 0.466 e. The molecule has 2 amide bonds. The highest BCUT2D eigenvalue weighted by atomic mass is 32.2. The molecule has 0 bridgehead atoms. The number of hydrogen-bond donors (Lipinski definition) is 0. The number of amides is 2. The van der Waals surface area contributed by atoms with Crippen molar-refractivity contribution in [2.24, 2.45) is 0 Å². The van der Waals surface area contributed by atoms with E-state index in [0.717, 1.165) is 17.7 Å². The summed E-state index contributed by atoms with van der Waals surface area (Å²) in [4.78, 5) is 40.8. The predicted octanol–water partition coefficient (Wildman–Crippen LogP) is 2.76. The number of para-hydroxylation sites is 1. The van der Waals surface area contributed by atoms with E-state index < -0.39 is 12.0 Å². The van der Waals surface area contributed by atoms with Gasteiger partial charge in [-0.2, -0.15) is 0 Å². The molecule has 4 rings (SSSR count). The highest BCUT2D eigenvalue weighted by Gasteiger charge is 2.43. The van der Waals surface area contributed by atoms with Crippen molar-refractivity contribution in [3.63, 3.8) is 0 Å². The van der Waals surface area contributed by atoms with Crippen LogP contribution in [0.15, 0.2) is 47.1 Å². The lowest BCUT2D eigenvalue weighted by molar-refractivity contribution is -0.155. The van der Waals surface area contributed by atoms with Crippen LogP contribution < -0.4 is 4.90 Å². The normalized spacial score (nSPS) is 23.2. The molecule has 1 fully saturated rings. The first-order valence-electron chi connectivity index (χ1n) is 9.48. The molecule has 2 aromatic rings. The van der Waals surface area contributed by atoms with Crippen LogP contribution in [0.3, 0.4) is 0 Å². The molecule has 0 radical (unpaired) electrons. The molecular formula is C21H22N2O5S. The molecule has 7 nitrogen and oxygen atoms in total. The minimum Gasteiger partial charge on any atom is -0.466 e. The highest BCUT2D eigenvalue weighted by Crippen LogP contribution is 2.41. The van der Waals surface area contributed by atoms with Gasteiger partial charge in [0.2, 0.25) is 5.91 Å². The van der Waals surface area contributed by atoms with E-state index in [4.69, 9.17) is 9.15 Å². The molecule has 0 N–H and O–H groups in total. The van der Waals surface area contributed by atoms with Gasteiger partial charge in [0.15, 0.2) is 6.61 Å². The smallest absolute Gasteiger partial charge is 0.330 e. The quantitative estimate of drug-likeness (QED) is 0.716. The van der Waals surface area contributed by atoms with Crippen molar-refractivity contribution in [1.29, 1.82) is 0 Å². The SMILES string of the molecule is CC(=O)N1[C@@H](c2ccco2)SC[C@H]1C(=O)OCC(=O)N1c2ccccc2C[C@@H]1C. The fourth-order valence-electron chi connectivity index (χ4n) is 3.97. The van der Waals surface area contributed by atoms with Crippen molar-refractivity contribution in [2.75, 3.05) is 17.3 Å². The number of ether oxygens (including phenoxy) is 1. The standard InChI is InChI=1S/C21H22N2O5S/c1-13-10-15-6-3-4-7-16(15)22(13)19(25)11-28-21(26)17-12-29-20(23(17)14(2)24)18-8-5-9-27-18/h3-9,13,17,20H,10-12H2,1-2H3/t13-,17-,20+/m0/s1. The van der Waals surface area contributed by atoms with Crippen LogP contribution in [-0.4, -0.2) is 47.1 Å². The molecule has 0 aliphatic carbocycles. The number of thioether (sulfide) groups is 1. The van der Waals surface area contributed by atoms with Crippen molar-refractivity contribution in [3.05, 3.63) is 54.0 Å². The molecule has 3 atom stereocenters. The molecule has 1 saturated heterocycles. The van der Waals surface area contributed by atoms with Crippen LogP contribution in [0.1, 0.15) is 30.5 Å². The number of anilines is 1. The van der Waals surface area contributed by atoms with Crippen LogP contribution >= 0.6 is 11.8 Å². The molecule has 0 spiro atoms. The lowest BCUT2D eigenvalue weighted by Crippen LogP contribution is -2.44. The van der Waals surface area contributed by atoms with Gasteiger partial charge in [-0.05, 0) is 37.1 Å². The van der Waals surface area contributed by atoms with Crippen LogP contribution in [0.5, 0.6) is 0 Å². The van der Waals surface area contributed by atoms with E-state index in [-0.39, 0.29) is 29.8 Å². The van der Waals surface area contributed by atoms with Gasteiger partial charge in [0.1, 0.15) is 17.2 Å². The molecule has 0 saturated carbocycles. The Morgan fingerprint density at radius 3 is 2.72 bits per heavy atom. The first-order valence-corrected chi connectivity index (χ1v) is 10.5. The maximum atomic E-state index is 12.8. The topological polar surface area (TPSA) is 80.1 Å². The van der Waals surface area contributed by atoms with Crippen LogP contribution in [0, 0.1) is 0 Å². The van der Waals surface area contributed by atoms with Gasteiger partial charge >= 0.3 is 5.97 Å². The number of hydrogen-bond acceptors (Lipinski definition) is 6. The lowest BCUT2D eigenvalue weighted by atomic mass is 10.1. The fourth-order valence-corrected chi connectivity index (χ4v) is 5.38. The Kier molecular flexibility index (Phi) is 5.36. The number of rotatable bonds is 4. The zero-order valence-electron chi connectivity index (χ0n) is 16.2. The van der Waals surface area contributed by atoms with Crippen molar-refractivity contribution >= 4 is 35.2 Å². The summed E-state index contributed by atoms with van der Waals surface area (Å²) in [6.45, 7) is 3.03. The van der Waals surface area contributed by atoms with Crippen LogP contribution in [-0.2, 0) is 25.5 Å². The summed E-state index contributed by atoms with van der Waals surface area (Å²) >= 11 is 1.44. The molecule has 1 aromatic heterocycles. The van der Waals surface area contributed by atoms with Crippen LogP contribution in [0.4, 0.5) is 5.69 Å². The maximum absolute atomic E-state index is 12.8. The number of carbonyl (C=O) groups excluding carboxylic acids is 3. The van der Waals surface area contributed by atoms with Gasteiger partial charge in [0, 0.05) is 24.4 Å². The minimum absolute atomic E-state index is 0.0117. The minimum atomic E-state index is -0.747. The number of nitrogens with zero attached hydrogens (tertiary/aromatic N) is 2. The Balaban J connectivity index is 1.42. The first-order chi connectivity index (χ1) is 14.0. The number of esters is 1. The molecule has 0 unspecified atom stereocenters. The fraction of sp³-hybridized carbons (Fsp3) is 0.381. The summed E-state index contributed by atoms with van der Waals surface area (Å²) in [5.74, 6) is -0.0829. The molecule has 1 aromatic carbocycles. The zero-order chi connectivity index (χ0) is 20.5. The van der Waals surface area contributed by atoms with Gasteiger partial charge in [-0.15, -0.1) is 11.8 Å². The number of fused-ring (bicyclic) bond motifs is 1. The summed E-state index contributed by atoms with van der Waals surface area (Å²) in [5, 5.41) is -0.374. The van der Waals surface area contributed by atoms with E-state index in [1.165, 1.54) is 29.8 Å². The molecule has 3 heterocycles. The summed E-state index contributed by atoms with van der Waals surface area (Å²) < 4.78 is 10.8. The number of carbonyl (C=O) groups is 3. The Morgan fingerprint density at radius 2 is 2.00 bits per heavy atom. The third kappa shape index (κ3) is 3.64. The monoisotopic (exact) mass is 414 g/mol. The Labute approximate surface area is 173 Å². The van der Waals surface area contributed by atoms with E-state index >= 15 is 0 Å². The predicted molar refractivity (Wildman–Crippen MR) is 108 cm³/mol. The van der Waals surface area contributed by atoms with E-state index in [1.807, 2.05) is 31.2 Å². The summed E-state index contributed by atoms with van der Waals surface area (Å²) in [5.41, 5.74) is 1.97. The zero-order valence-corrected chi connectivity index (χ0v) is 17.1. The van der Waals surface area contributed by atoms with Gasteiger partial charge < -0.3 is 19.0 Å². The Hall–Kier alpha value is -2.74. The van der Waals surface area contributed by atoms with Crippen molar-refractivity contribution in [3.8, 4) is 0 Å². The summed E-state index contributed by atoms with van der Waals surface area (Å²) in [6, 6.07) is 10.5. The second kappa shape index (κ2) is 7.94. The summed E-state index contributed by atoms with van der Waals surface area (Å²) in [6.07, 6.45) is 2.31. The second-order valence-electron chi connectivity index (χ2n) is 7.20. The average molecular weight is 414 g/mol. The third-order valence-corrected chi connectivity index (χ3v) is 6.52. The second-order valence-corrected chi connectivity index (χ2v) is 8.31. The molecule has 8 heteroatoms. The molecule has 29 heavy (non-hydrogen) atoms. The number of benzene rings is 1. The first kappa shape index (κ1) is 19.6. The van der Waals surface area contributed by atoms with Gasteiger partial charge in [-0.3, -0.25) is 9.59 Å². The van der Waals surface area contributed by atoms with Gasteiger partial charge in [-0.25, -0.2) is 4.79 Å². The Morgan fingerprint density at radius 1 is 1.21 bits per heavy atom. The maximum Gasteiger partial charge on any atom is 0.330 e. The Bertz CT molecular complexity index is 929. The van der Waals surface area contributed by atoms with E-state index in [2.05, 4.69) is 0 Å². The van der Waals surface area contributed by atoms with Crippen LogP contribution in [0.25, 0.3) is 0 Å². The van der Waals surface area contributed by atoms with Gasteiger partial charge in [-0.1, -0.05) is 18.2 Å². The summed E-state index contributed by atoms with van der Waals surface area (Å²) in [7, 11) is 0. The molecule has 2 aliphatic rings. The van der Waals surface area contributed by atoms with Crippen molar-refractivity contribution in [1.82, 2.24) is 4.90 Å². The molecule has 152 valence electrons. The van der Waals surface area contributed by atoms with Gasteiger partial charge in [0.25, 0.3) is 5.91 Å². The highest BCUT2D eigenvalue weighted by molar-refractivity contribution is 7.99. The van der Waals surface area contributed by atoms with Crippen molar-refractivity contribution in [2.45, 2.75) is 37.7 Å². The average Bonchev–Trinajstić information content (AvgIpc) is 3.42. The lowest BCUT2D eigenvalue weighted by Gasteiger charge is -2.26. The van der Waals surface area contributed by atoms with E-state index in [1.54, 1.807) is 17.0 Å². The molecule has 2 aliphatic heterocycles. The number of furan rings is 1. The van der Waals surface area contributed by atoms with E-state index in [9.17, 15) is 14.4 Å². The van der Waals surface area contributed by atoms with Crippen LogP contribution in [0.2, 0.25) is 0 Å². The molecular weight excluding hydrogens is 392 g/mol.